The second-order valence-electron chi connectivity index (χ2n) is 4.07. The molecule has 1 aromatic heterocycles. The number of rotatable bonds is 4. The molecule has 6 heteroatoms. The van der Waals surface area contributed by atoms with Gasteiger partial charge in [0.15, 0.2) is 11.5 Å². The Labute approximate surface area is 120 Å². The first kappa shape index (κ1) is 14.1. The normalized spacial score (nSPS) is 10.2. The SMILES string of the molecule is COc1cc(C)ccc1Oc1ncc(C(=O)O)cc1Cl. The largest absolute Gasteiger partial charge is 0.493 e. The zero-order valence-electron chi connectivity index (χ0n) is 10.9. The Morgan fingerprint density at radius 3 is 2.65 bits per heavy atom. The summed E-state index contributed by atoms with van der Waals surface area (Å²) in [7, 11) is 1.53. The molecule has 0 amide bonds. The molecule has 5 nitrogen and oxygen atoms in total. The lowest BCUT2D eigenvalue weighted by Gasteiger charge is -2.11. The van der Waals surface area contributed by atoms with Gasteiger partial charge in [-0.1, -0.05) is 17.7 Å². The summed E-state index contributed by atoms with van der Waals surface area (Å²) < 4.78 is 10.8. The van der Waals surface area contributed by atoms with Crippen LogP contribution in [0, 0.1) is 6.92 Å². The van der Waals surface area contributed by atoms with Crippen molar-refractivity contribution in [3.63, 3.8) is 0 Å². The van der Waals surface area contributed by atoms with Crippen molar-refractivity contribution in [2.24, 2.45) is 0 Å². The molecule has 0 aliphatic rings. The number of carboxylic acid groups (broad SMARTS) is 1. The van der Waals surface area contributed by atoms with Crippen molar-refractivity contribution < 1.29 is 19.4 Å². The number of nitrogens with zero attached hydrogens (tertiary/aromatic N) is 1. The molecule has 0 radical (unpaired) electrons. The second kappa shape index (κ2) is 5.79. The topological polar surface area (TPSA) is 68.7 Å². The zero-order valence-corrected chi connectivity index (χ0v) is 11.6. The van der Waals surface area contributed by atoms with E-state index >= 15 is 0 Å². The van der Waals surface area contributed by atoms with Gasteiger partial charge in [-0.15, -0.1) is 0 Å². The first-order chi connectivity index (χ1) is 9.51. The molecule has 0 atom stereocenters. The molecule has 1 N–H and O–H groups in total. The van der Waals surface area contributed by atoms with E-state index in [9.17, 15) is 4.79 Å². The quantitative estimate of drug-likeness (QED) is 0.933. The van der Waals surface area contributed by atoms with Crippen LogP contribution in [0.25, 0.3) is 0 Å². The van der Waals surface area contributed by atoms with Crippen molar-refractivity contribution in [1.82, 2.24) is 4.98 Å². The van der Waals surface area contributed by atoms with E-state index in [0.717, 1.165) is 5.56 Å². The van der Waals surface area contributed by atoms with Crippen LogP contribution in [-0.2, 0) is 0 Å². The third kappa shape index (κ3) is 3.00. The number of carbonyl (C=O) groups is 1. The van der Waals surface area contributed by atoms with Crippen LogP contribution in [0.15, 0.2) is 30.5 Å². The molecule has 0 spiro atoms. The Kier molecular flexibility index (Phi) is 4.10. The van der Waals surface area contributed by atoms with Gasteiger partial charge in [0.05, 0.1) is 12.7 Å². The van der Waals surface area contributed by atoms with Crippen molar-refractivity contribution >= 4 is 17.6 Å². The molecule has 0 aliphatic heterocycles. The summed E-state index contributed by atoms with van der Waals surface area (Å²) >= 11 is 5.96. The third-order valence-corrected chi connectivity index (χ3v) is 2.85. The average molecular weight is 294 g/mol. The van der Waals surface area contributed by atoms with Crippen molar-refractivity contribution in [1.29, 1.82) is 0 Å². The monoisotopic (exact) mass is 293 g/mol. The molecule has 2 rings (SSSR count). The number of aryl methyl sites for hydroxylation is 1. The van der Waals surface area contributed by atoms with Crippen LogP contribution in [-0.4, -0.2) is 23.2 Å². The summed E-state index contributed by atoms with van der Waals surface area (Å²) in [5.41, 5.74) is 1.02. The van der Waals surface area contributed by atoms with Crippen LogP contribution < -0.4 is 9.47 Å². The Morgan fingerprint density at radius 2 is 2.05 bits per heavy atom. The molecule has 20 heavy (non-hydrogen) atoms. The molecule has 104 valence electrons. The molecular weight excluding hydrogens is 282 g/mol. The standard InChI is InChI=1S/C14H12ClNO4/c1-8-3-4-11(12(5-8)19-2)20-13-10(15)6-9(7-16-13)14(17)18/h3-7H,1-2H3,(H,17,18). The first-order valence-corrected chi connectivity index (χ1v) is 6.10. The van der Waals surface area contributed by atoms with E-state index in [0.29, 0.717) is 11.5 Å². The van der Waals surface area contributed by atoms with Crippen LogP contribution in [0.1, 0.15) is 15.9 Å². The van der Waals surface area contributed by atoms with E-state index in [1.54, 1.807) is 6.07 Å². The van der Waals surface area contributed by atoms with Crippen molar-refractivity contribution in [3.05, 3.63) is 46.6 Å². The van der Waals surface area contributed by atoms with Gasteiger partial charge >= 0.3 is 5.97 Å². The Hall–Kier alpha value is -2.27. The number of hydrogen-bond acceptors (Lipinski definition) is 4. The minimum absolute atomic E-state index is 0.00165. The number of pyridine rings is 1. The van der Waals surface area contributed by atoms with Crippen LogP contribution in [0.3, 0.4) is 0 Å². The highest BCUT2D eigenvalue weighted by Crippen LogP contribution is 2.34. The molecule has 0 bridgehead atoms. The van der Waals surface area contributed by atoms with E-state index in [1.165, 1.54) is 19.4 Å². The summed E-state index contributed by atoms with van der Waals surface area (Å²) in [6, 6.07) is 6.69. The lowest BCUT2D eigenvalue weighted by atomic mass is 10.2. The molecule has 0 unspecified atom stereocenters. The van der Waals surface area contributed by atoms with E-state index in [-0.39, 0.29) is 16.5 Å². The van der Waals surface area contributed by atoms with Gasteiger partial charge in [-0.25, -0.2) is 9.78 Å². The van der Waals surface area contributed by atoms with Gasteiger partial charge in [0.25, 0.3) is 0 Å². The van der Waals surface area contributed by atoms with Crippen LogP contribution in [0.5, 0.6) is 17.4 Å². The number of halogens is 1. The minimum atomic E-state index is -1.10. The number of aromatic carboxylic acids is 1. The molecule has 0 fully saturated rings. The molecule has 0 saturated heterocycles. The number of benzene rings is 1. The Balaban J connectivity index is 2.33. The molecule has 2 aromatic rings. The predicted octanol–water partition coefficient (Wildman–Crippen LogP) is 3.54. The van der Waals surface area contributed by atoms with Crippen LogP contribution in [0.4, 0.5) is 0 Å². The molecule has 1 heterocycles. The predicted molar refractivity (Wildman–Crippen MR) is 74.0 cm³/mol. The number of carboxylic acids is 1. The van der Waals surface area contributed by atoms with E-state index in [4.69, 9.17) is 26.2 Å². The molecule has 1 aromatic carbocycles. The lowest BCUT2D eigenvalue weighted by molar-refractivity contribution is 0.0696. The average Bonchev–Trinajstić information content (AvgIpc) is 2.42. The molecular formula is C14H12ClNO4. The highest BCUT2D eigenvalue weighted by molar-refractivity contribution is 6.32. The van der Waals surface area contributed by atoms with Gasteiger partial charge in [-0.05, 0) is 30.7 Å². The zero-order chi connectivity index (χ0) is 14.7. The first-order valence-electron chi connectivity index (χ1n) is 5.72. The summed E-state index contributed by atoms with van der Waals surface area (Å²) in [6.07, 6.45) is 1.18. The van der Waals surface area contributed by atoms with Gasteiger partial charge in [-0.2, -0.15) is 0 Å². The maximum atomic E-state index is 10.8. The summed E-state index contributed by atoms with van der Waals surface area (Å²) in [5.74, 6) is 0.0263. The van der Waals surface area contributed by atoms with E-state index in [2.05, 4.69) is 4.98 Å². The van der Waals surface area contributed by atoms with Crippen molar-refractivity contribution in [2.45, 2.75) is 6.92 Å². The number of aromatic nitrogens is 1. The van der Waals surface area contributed by atoms with Gasteiger partial charge in [0, 0.05) is 6.20 Å². The molecule has 0 aliphatic carbocycles. The van der Waals surface area contributed by atoms with Gasteiger partial charge in [-0.3, -0.25) is 0 Å². The number of ether oxygens (including phenoxy) is 2. The van der Waals surface area contributed by atoms with Gasteiger partial charge < -0.3 is 14.6 Å². The van der Waals surface area contributed by atoms with E-state index < -0.39 is 5.97 Å². The fourth-order valence-electron chi connectivity index (χ4n) is 1.58. The maximum Gasteiger partial charge on any atom is 0.337 e. The fraction of sp³-hybridized carbons (Fsp3) is 0.143. The smallest absolute Gasteiger partial charge is 0.337 e. The Morgan fingerprint density at radius 1 is 1.30 bits per heavy atom. The summed E-state index contributed by atoms with van der Waals surface area (Å²) in [6.45, 7) is 1.93. The maximum absolute atomic E-state index is 10.8. The van der Waals surface area contributed by atoms with Gasteiger partial charge in [0.1, 0.15) is 5.02 Å². The fourth-order valence-corrected chi connectivity index (χ4v) is 1.79. The van der Waals surface area contributed by atoms with Crippen LogP contribution >= 0.6 is 11.6 Å². The second-order valence-corrected chi connectivity index (χ2v) is 4.48. The summed E-state index contributed by atoms with van der Waals surface area (Å²) in [4.78, 5) is 14.7. The Bertz CT molecular complexity index is 658. The van der Waals surface area contributed by atoms with Gasteiger partial charge in [0.2, 0.25) is 5.88 Å². The van der Waals surface area contributed by atoms with Crippen molar-refractivity contribution in [2.75, 3.05) is 7.11 Å². The van der Waals surface area contributed by atoms with Crippen molar-refractivity contribution in [3.8, 4) is 17.4 Å². The number of methoxy groups -OCH3 is 1. The highest BCUT2D eigenvalue weighted by Gasteiger charge is 2.12. The lowest BCUT2D eigenvalue weighted by Crippen LogP contribution is -1.99. The number of hydrogen-bond donors (Lipinski definition) is 1. The van der Waals surface area contributed by atoms with E-state index in [1.807, 2.05) is 19.1 Å². The minimum Gasteiger partial charge on any atom is -0.493 e. The molecule has 0 saturated carbocycles. The third-order valence-electron chi connectivity index (χ3n) is 2.58. The van der Waals surface area contributed by atoms with Crippen LogP contribution in [0.2, 0.25) is 5.02 Å². The highest BCUT2D eigenvalue weighted by atomic mass is 35.5. The summed E-state index contributed by atoms with van der Waals surface area (Å²) in [5, 5.41) is 8.96.